The molecule has 0 aliphatic rings. The van der Waals surface area contributed by atoms with Crippen molar-refractivity contribution in [1.82, 2.24) is 0 Å². The van der Waals surface area contributed by atoms with Crippen LogP contribution in [0, 0.1) is 0 Å². The van der Waals surface area contributed by atoms with Crippen LogP contribution >= 0.6 is 0 Å². The molecule has 53 heavy (non-hydrogen) atoms. The molecule has 0 bridgehead atoms. The minimum absolute atomic E-state index is 0.841. The number of rotatable bonds is 5. The Morgan fingerprint density at radius 2 is 1.00 bits per heavy atom. The highest BCUT2D eigenvalue weighted by atomic mass is 16.3. The van der Waals surface area contributed by atoms with Crippen LogP contribution < -0.4 is 4.90 Å². The van der Waals surface area contributed by atoms with Crippen LogP contribution in [0.2, 0.25) is 0 Å². The first-order valence-electron chi connectivity index (χ1n) is 18.0. The average molecular weight is 678 g/mol. The molecular weight excluding hydrogens is 647 g/mol. The van der Waals surface area contributed by atoms with E-state index in [1.165, 1.54) is 21.5 Å². The minimum atomic E-state index is 0.841. The number of benzene rings is 9. The standard InChI is InChI=1S/C50H31NO2/c1-3-12-32(13-4-1)36-25-27-41-47(30-36)52-46-21-11-19-43(48(41)46)51(37-26-24-35-23-22-34-16-7-8-17-38(34)42(35)31-37)44-29-28-39(33-14-5-2-6-15-33)50-49(44)40-18-9-10-20-45(40)53-50/h1-31H. The Morgan fingerprint density at radius 1 is 0.340 bits per heavy atom. The van der Waals surface area contributed by atoms with Gasteiger partial charge in [-0.25, -0.2) is 0 Å². The van der Waals surface area contributed by atoms with Gasteiger partial charge in [-0.3, -0.25) is 0 Å². The first-order valence-corrected chi connectivity index (χ1v) is 18.0. The quantitative estimate of drug-likeness (QED) is 0.170. The molecule has 3 nitrogen and oxygen atoms in total. The van der Waals surface area contributed by atoms with E-state index in [1.54, 1.807) is 0 Å². The Balaban J connectivity index is 1.24. The zero-order valence-corrected chi connectivity index (χ0v) is 28.7. The van der Waals surface area contributed by atoms with Crippen LogP contribution in [0.1, 0.15) is 0 Å². The van der Waals surface area contributed by atoms with E-state index in [1.807, 2.05) is 12.1 Å². The van der Waals surface area contributed by atoms with Crippen molar-refractivity contribution in [2.45, 2.75) is 0 Å². The molecule has 0 atom stereocenters. The highest BCUT2D eigenvalue weighted by molar-refractivity contribution is 6.20. The van der Waals surface area contributed by atoms with E-state index in [0.717, 1.165) is 83.2 Å². The molecule has 11 aromatic rings. The average Bonchev–Trinajstić information content (AvgIpc) is 3.81. The maximum Gasteiger partial charge on any atom is 0.145 e. The summed E-state index contributed by atoms with van der Waals surface area (Å²) in [7, 11) is 0. The van der Waals surface area contributed by atoms with Crippen molar-refractivity contribution < 1.29 is 8.83 Å². The summed E-state index contributed by atoms with van der Waals surface area (Å²) in [5.41, 5.74) is 11.0. The van der Waals surface area contributed by atoms with E-state index in [2.05, 4.69) is 181 Å². The Hall–Kier alpha value is -7.10. The molecule has 0 N–H and O–H groups in total. The zero-order chi connectivity index (χ0) is 34.9. The number of furan rings is 2. The number of fused-ring (bicyclic) bond motifs is 9. The van der Waals surface area contributed by atoms with Crippen LogP contribution in [0.4, 0.5) is 17.1 Å². The third-order valence-electron chi connectivity index (χ3n) is 10.6. The van der Waals surface area contributed by atoms with Gasteiger partial charge >= 0.3 is 0 Å². The van der Waals surface area contributed by atoms with E-state index in [-0.39, 0.29) is 0 Å². The number of nitrogens with zero attached hydrogens (tertiary/aromatic N) is 1. The summed E-state index contributed by atoms with van der Waals surface area (Å²) in [6.45, 7) is 0. The van der Waals surface area contributed by atoms with Crippen LogP contribution in [-0.4, -0.2) is 0 Å². The second-order valence-corrected chi connectivity index (χ2v) is 13.7. The van der Waals surface area contributed by atoms with Gasteiger partial charge in [-0.1, -0.05) is 133 Å². The molecule has 2 heterocycles. The molecule has 11 rings (SSSR count). The lowest BCUT2D eigenvalue weighted by molar-refractivity contribution is 0.669. The lowest BCUT2D eigenvalue weighted by Gasteiger charge is -2.28. The summed E-state index contributed by atoms with van der Waals surface area (Å²) in [5.74, 6) is 0. The fourth-order valence-corrected chi connectivity index (χ4v) is 8.18. The summed E-state index contributed by atoms with van der Waals surface area (Å²) >= 11 is 0. The van der Waals surface area contributed by atoms with Gasteiger partial charge in [0.15, 0.2) is 0 Å². The monoisotopic (exact) mass is 677 g/mol. The highest BCUT2D eigenvalue weighted by Crippen LogP contribution is 2.49. The molecular formula is C50H31NO2. The van der Waals surface area contributed by atoms with Crippen LogP contribution in [0.25, 0.3) is 87.7 Å². The molecule has 0 saturated carbocycles. The fraction of sp³-hybridized carbons (Fsp3) is 0. The van der Waals surface area contributed by atoms with Crippen molar-refractivity contribution in [3.8, 4) is 22.3 Å². The molecule has 0 radical (unpaired) electrons. The van der Waals surface area contributed by atoms with Crippen LogP contribution in [-0.2, 0) is 0 Å². The van der Waals surface area contributed by atoms with Crippen LogP contribution in [0.15, 0.2) is 197 Å². The van der Waals surface area contributed by atoms with Crippen molar-refractivity contribution in [2.24, 2.45) is 0 Å². The van der Waals surface area contributed by atoms with Gasteiger partial charge in [-0.2, -0.15) is 0 Å². The Morgan fingerprint density at radius 3 is 1.85 bits per heavy atom. The van der Waals surface area contributed by atoms with Gasteiger partial charge in [0.05, 0.1) is 22.1 Å². The summed E-state index contributed by atoms with van der Waals surface area (Å²) in [4.78, 5) is 2.41. The maximum atomic E-state index is 6.78. The molecule has 248 valence electrons. The van der Waals surface area contributed by atoms with Crippen molar-refractivity contribution in [2.75, 3.05) is 4.90 Å². The topological polar surface area (TPSA) is 29.5 Å². The second kappa shape index (κ2) is 11.7. The number of para-hydroxylation sites is 1. The summed E-state index contributed by atoms with van der Waals surface area (Å²) in [6, 6.07) is 66.7. The Labute approximate surface area is 305 Å². The van der Waals surface area contributed by atoms with Gasteiger partial charge in [-0.05, 0) is 92.8 Å². The Kier molecular flexibility index (Phi) is 6.55. The minimum Gasteiger partial charge on any atom is -0.456 e. The molecule has 3 heteroatoms. The summed E-state index contributed by atoms with van der Waals surface area (Å²) in [5, 5.41) is 9.12. The van der Waals surface area contributed by atoms with E-state index >= 15 is 0 Å². The van der Waals surface area contributed by atoms with Gasteiger partial charge in [0, 0.05) is 22.0 Å². The molecule has 0 unspecified atom stereocenters. The number of anilines is 3. The lowest BCUT2D eigenvalue weighted by atomic mass is 9.98. The Bertz CT molecular complexity index is 3170. The maximum absolute atomic E-state index is 6.78. The molecule has 0 saturated heterocycles. The first-order chi connectivity index (χ1) is 26.3. The number of hydrogen-bond acceptors (Lipinski definition) is 3. The van der Waals surface area contributed by atoms with Crippen molar-refractivity contribution in [1.29, 1.82) is 0 Å². The first kappa shape index (κ1) is 29.6. The second-order valence-electron chi connectivity index (χ2n) is 13.7. The molecule has 0 spiro atoms. The van der Waals surface area contributed by atoms with Gasteiger partial charge in [-0.15, -0.1) is 0 Å². The molecule has 0 fully saturated rings. The SMILES string of the molecule is c1ccc(-c2ccc3c(c2)oc2cccc(N(c4ccc5ccc6ccccc6c5c4)c4ccc(-c5ccccc5)c5oc6ccccc6c45)c23)cc1. The predicted octanol–water partition coefficient (Wildman–Crippen LogP) is 14.6. The summed E-state index contributed by atoms with van der Waals surface area (Å²) in [6.07, 6.45) is 0. The van der Waals surface area contributed by atoms with Crippen LogP contribution in [0.3, 0.4) is 0 Å². The van der Waals surface area contributed by atoms with Crippen molar-refractivity contribution >= 4 is 82.5 Å². The van der Waals surface area contributed by atoms with E-state index in [0.29, 0.717) is 0 Å². The van der Waals surface area contributed by atoms with Gasteiger partial charge < -0.3 is 13.7 Å². The van der Waals surface area contributed by atoms with E-state index < -0.39 is 0 Å². The predicted molar refractivity (Wildman–Crippen MR) is 222 cm³/mol. The zero-order valence-electron chi connectivity index (χ0n) is 28.7. The molecule has 0 amide bonds. The van der Waals surface area contributed by atoms with E-state index in [4.69, 9.17) is 8.83 Å². The van der Waals surface area contributed by atoms with E-state index in [9.17, 15) is 0 Å². The largest absolute Gasteiger partial charge is 0.456 e. The smallest absolute Gasteiger partial charge is 0.145 e. The van der Waals surface area contributed by atoms with Gasteiger partial charge in [0.1, 0.15) is 22.3 Å². The normalized spacial score (nSPS) is 11.8. The fourth-order valence-electron chi connectivity index (χ4n) is 8.18. The number of hydrogen-bond donors (Lipinski definition) is 0. The highest BCUT2D eigenvalue weighted by Gasteiger charge is 2.25. The molecule has 0 aliphatic heterocycles. The van der Waals surface area contributed by atoms with Crippen molar-refractivity contribution in [3.63, 3.8) is 0 Å². The van der Waals surface area contributed by atoms with Gasteiger partial charge in [0.2, 0.25) is 0 Å². The molecule has 0 aliphatic carbocycles. The van der Waals surface area contributed by atoms with Gasteiger partial charge in [0.25, 0.3) is 0 Å². The molecule has 9 aromatic carbocycles. The lowest BCUT2D eigenvalue weighted by Crippen LogP contribution is -2.11. The van der Waals surface area contributed by atoms with Crippen LogP contribution in [0.5, 0.6) is 0 Å². The third kappa shape index (κ3) is 4.68. The molecule has 2 aromatic heterocycles. The third-order valence-corrected chi connectivity index (χ3v) is 10.6. The van der Waals surface area contributed by atoms with Crippen molar-refractivity contribution in [3.05, 3.63) is 188 Å². The summed E-state index contributed by atoms with van der Waals surface area (Å²) < 4.78 is 13.5.